The maximum Gasteiger partial charge on any atom is 0.277 e. The Bertz CT molecular complexity index is 1100. The van der Waals surface area contributed by atoms with Crippen molar-refractivity contribution in [2.24, 2.45) is 0 Å². The second kappa shape index (κ2) is 7.28. The molecule has 4 rings (SSSR count). The van der Waals surface area contributed by atoms with Crippen molar-refractivity contribution in [3.63, 3.8) is 0 Å². The number of nitrogens with one attached hydrogen (secondary N) is 1. The average Bonchev–Trinajstić information content (AvgIpc) is 3.29. The van der Waals surface area contributed by atoms with Gasteiger partial charge in [0, 0.05) is 5.69 Å². The summed E-state index contributed by atoms with van der Waals surface area (Å²) in [7, 11) is 0. The minimum atomic E-state index is -0.309. The molecular formula is C20H17N3O3S. The predicted molar refractivity (Wildman–Crippen MR) is 104 cm³/mol. The molecule has 0 saturated heterocycles. The number of hydrogen-bond acceptors (Lipinski definition) is 6. The first kappa shape index (κ1) is 17.4. The van der Waals surface area contributed by atoms with Gasteiger partial charge in [-0.05, 0) is 37.6 Å². The van der Waals surface area contributed by atoms with E-state index in [9.17, 15) is 4.79 Å². The van der Waals surface area contributed by atoms with Crippen molar-refractivity contribution in [1.29, 1.82) is 0 Å². The van der Waals surface area contributed by atoms with Crippen molar-refractivity contribution in [2.45, 2.75) is 24.8 Å². The minimum absolute atomic E-state index is 0.236. The number of aromatic nitrogens is 2. The quantitative estimate of drug-likeness (QED) is 0.493. The summed E-state index contributed by atoms with van der Waals surface area (Å²) in [5.41, 5.74) is 4.75. The second-order valence-electron chi connectivity index (χ2n) is 6.14. The standard InChI is InChI=1S/C20H17N3O3S/c1-12-6-8-14(9-7-12)21-19(24)15-10-25-17(22-15)11-27-20-23-18-13(2)4-3-5-16(18)26-20/h3-10H,11H2,1-2H3,(H,21,24). The number of carbonyl (C=O) groups excluding carboxylic acids is 1. The van der Waals surface area contributed by atoms with Gasteiger partial charge in [0.25, 0.3) is 11.1 Å². The maximum atomic E-state index is 12.3. The summed E-state index contributed by atoms with van der Waals surface area (Å²) in [5, 5.41) is 3.34. The smallest absolute Gasteiger partial charge is 0.277 e. The van der Waals surface area contributed by atoms with Gasteiger partial charge in [-0.3, -0.25) is 4.79 Å². The Balaban J connectivity index is 1.40. The minimum Gasteiger partial charge on any atom is -0.447 e. The Morgan fingerprint density at radius 3 is 2.70 bits per heavy atom. The normalized spacial score (nSPS) is 11.0. The molecule has 1 amide bonds. The summed E-state index contributed by atoms with van der Waals surface area (Å²) in [6, 6.07) is 13.4. The molecule has 2 aromatic carbocycles. The number of nitrogens with zero attached hydrogens (tertiary/aromatic N) is 2. The average molecular weight is 379 g/mol. The van der Waals surface area contributed by atoms with E-state index in [2.05, 4.69) is 15.3 Å². The van der Waals surface area contributed by atoms with Gasteiger partial charge in [0.05, 0.1) is 5.75 Å². The lowest BCUT2D eigenvalue weighted by Gasteiger charge is -2.02. The molecule has 0 aliphatic rings. The van der Waals surface area contributed by atoms with Crippen LogP contribution in [0.4, 0.5) is 5.69 Å². The van der Waals surface area contributed by atoms with Crippen molar-refractivity contribution in [3.8, 4) is 0 Å². The Morgan fingerprint density at radius 1 is 1.11 bits per heavy atom. The van der Waals surface area contributed by atoms with E-state index in [0.717, 1.165) is 22.2 Å². The molecule has 0 aliphatic carbocycles. The van der Waals surface area contributed by atoms with Crippen LogP contribution in [0.25, 0.3) is 11.1 Å². The zero-order valence-electron chi connectivity index (χ0n) is 14.9. The third kappa shape index (κ3) is 3.88. The van der Waals surface area contributed by atoms with E-state index in [1.807, 2.05) is 56.3 Å². The van der Waals surface area contributed by atoms with E-state index in [1.165, 1.54) is 18.0 Å². The Morgan fingerprint density at radius 2 is 1.93 bits per heavy atom. The highest BCUT2D eigenvalue weighted by Crippen LogP contribution is 2.27. The van der Waals surface area contributed by atoms with Crippen LogP contribution in [0.3, 0.4) is 0 Å². The van der Waals surface area contributed by atoms with Gasteiger partial charge in [-0.25, -0.2) is 9.97 Å². The fourth-order valence-electron chi connectivity index (χ4n) is 2.56. The van der Waals surface area contributed by atoms with Gasteiger partial charge < -0.3 is 14.2 Å². The van der Waals surface area contributed by atoms with Gasteiger partial charge >= 0.3 is 0 Å². The Kier molecular flexibility index (Phi) is 4.68. The molecule has 6 nitrogen and oxygen atoms in total. The summed E-state index contributed by atoms with van der Waals surface area (Å²) >= 11 is 1.37. The van der Waals surface area contributed by atoms with Crippen LogP contribution in [0.5, 0.6) is 0 Å². The van der Waals surface area contributed by atoms with Crippen molar-refractivity contribution in [2.75, 3.05) is 5.32 Å². The highest BCUT2D eigenvalue weighted by Gasteiger charge is 2.14. The number of carbonyl (C=O) groups is 1. The van der Waals surface area contributed by atoms with E-state index in [4.69, 9.17) is 8.83 Å². The SMILES string of the molecule is Cc1ccc(NC(=O)c2coc(CSc3nc4c(C)cccc4o3)n2)cc1. The van der Waals surface area contributed by atoms with E-state index in [-0.39, 0.29) is 11.6 Å². The number of oxazole rings is 2. The first-order valence-corrected chi connectivity index (χ1v) is 9.38. The molecule has 0 radical (unpaired) electrons. The van der Waals surface area contributed by atoms with Gasteiger partial charge in [-0.2, -0.15) is 0 Å². The second-order valence-corrected chi connectivity index (χ2v) is 7.06. The summed E-state index contributed by atoms with van der Waals surface area (Å²) < 4.78 is 11.1. The molecule has 2 heterocycles. The van der Waals surface area contributed by atoms with Crippen LogP contribution in [0, 0.1) is 13.8 Å². The van der Waals surface area contributed by atoms with Gasteiger partial charge in [0.15, 0.2) is 11.3 Å². The van der Waals surface area contributed by atoms with Crippen LogP contribution in [-0.4, -0.2) is 15.9 Å². The van der Waals surface area contributed by atoms with E-state index >= 15 is 0 Å². The third-order valence-corrected chi connectivity index (χ3v) is 4.83. The molecule has 7 heteroatoms. The van der Waals surface area contributed by atoms with Gasteiger partial charge in [-0.1, -0.05) is 41.6 Å². The number of benzene rings is 2. The Labute approximate surface area is 160 Å². The molecule has 0 spiro atoms. The first-order valence-electron chi connectivity index (χ1n) is 8.40. The fraction of sp³-hybridized carbons (Fsp3) is 0.150. The molecule has 1 N–H and O–H groups in total. The van der Waals surface area contributed by atoms with Crippen LogP contribution in [0.1, 0.15) is 27.5 Å². The number of amides is 1. The maximum absolute atomic E-state index is 12.3. The molecular weight excluding hydrogens is 362 g/mol. The number of aryl methyl sites for hydroxylation is 2. The van der Waals surface area contributed by atoms with Crippen LogP contribution in [-0.2, 0) is 5.75 Å². The number of anilines is 1. The molecule has 0 unspecified atom stereocenters. The lowest BCUT2D eigenvalue weighted by atomic mass is 10.2. The third-order valence-electron chi connectivity index (χ3n) is 4.01. The molecule has 27 heavy (non-hydrogen) atoms. The number of hydrogen-bond donors (Lipinski definition) is 1. The Hall–Kier alpha value is -3.06. The molecule has 0 atom stereocenters. The van der Waals surface area contributed by atoms with Crippen LogP contribution >= 0.6 is 11.8 Å². The molecule has 136 valence electrons. The summed E-state index contributed by atoms with van der Waals surface area (Å²) in [5.74, 6) is 0.549. The first-order chi connectivity index (χ1) is 13.1. The van der Waals surface area contributed by atoms with E-state index in [0.29, 0.717) is 22.6 Å². The van der Waals surface area contributed by atoms with Crippen LogP contribution < -0.4 is 5.32 Å². The number of para-hydroxylation sites is 1. The predicted octanol–water partition coefficient (Wildman–Crippen LogP) is 4.98. The zero-order valence-corrected chi connectivity index (χ0v) is 15.7. The lowest BCUT2D eigenvalue weighted by Crippen LogP contribution is -2.12. The zero-order chi connectivity index (χ0) is 18.8. The number of fused-ring (bicyclic) bond motifs is 1. The largest absolute Gasteiger partial charge is 0.447 e. The van der Waals surface area contributed by atoms with Gasteiger partial charge in [-0.15, -0.1) is 0 Å². The van der Waals surface area contributed by atoms with Crippen LogP contribution in [0.2, 0.25) is 0 Å². The summed E-state index contributed by atoms with van der Waals surface area (Å²) in [6.07, 6.45) is 1.36. The molecule has 2 aromatic heterocycles. The molecule has 0 fully saturated rings. The van der Waals surface area contributed by atoms with Crippen molar-refractivity contribution >= 4 is 34.5 Å². The van der Waals surface area contributed by atoms with Crippen molar-refractivity contribution in [1.82, 2.24) is 9.97 Å². The van der Waals surface area contributed by atoms with E-state index < -0.39 is 0 Å². The molecule has 0 bridgehead atoms. The number of rotatable bonds is 5. The molecule has 0 aliphatic heterocycles. The molecule has 0 saturated carbocycles. The van der Waals surface area contributed by atoms with Gasteiger partial charge in [0.1, 0.15) is 11.8 Å². The lowest BCUT2D eigenvalue weighted by molar-refractivity contribution is 0.102. The van der Waals surface area contributed by atoms with Gasteiger partial charge in [0.2, 0.25) is 5.89 Å². The number of thioether (sulfide) groups is 1. The van der Waals surface area contributed by atoms with Crippen LogP contribution in [0.15, 0.2) is 62.8 Å². The monoisotopic (exact) mass is 379 g/mol. The highest BCUT2D eigenvalue weighted by molar-refractivity contribution is 7.98. The topological polar surface area (TPSA) is 81.2 Å². The van der Waals surface area contributed by atoms with Crippen molar-refractivity contribution in [3.05, 3.63) is 71.4 Å². The highest BCUT2D eigenvalue weighted by atomic mass is 32.2. The fourth-order valence-corrected chi connectivity index (χ4v) is 3.25. The molecule has 4 aromatic rings. The van der Waals surface area contributed by atoms with Crippen molar-refractivity contribution < 1.29 is 13.6 Å². The van der Waals surface area contributed by atoms with E-state index in [1.54, 1.807) is 0 Å². The summed E-state index contributed by atoms with van der Waals surface area (Å²) in [6.45, 7) is 3.98. The summed E-state index contributed by atoms with van der Waals surface area (Å²) in [4.78, 5) is 21.0.